The standard InChI is InChI=1S/C10H12F3N3O3/c11-10(12,13)9(15-5-3-14-4-6-15)7-1-2-8(19-7)16(17)18/h1-2,9,14H,3-6H2/t9-/m1/s1. The van der Waals surface area contributed by atoms with Gasteiger partial charge in [0.1, 0.15) is 10.7 Å². The summed E-state index contributed by atoms with van der Waals surface area (Å²) in [6, 6.07) is 0.0116. The molecule has 1 aliphatic heterocycles. The summed E-state index contributed by atoms with van der Waals surface area (Å²) >= 11 is 0. The summed E-state index contributed by atoms with van der Waals surface area (Å²) in [4.78, 5) is 10.8. The van der Waals surface area contributed by atoms with E-state index < -0.39 is 28.8 Å². The fourth-order valence-electron chi connectivity index (χ4n) is 2.08. The molecule has 9 heteroatoms. The highest BCUT2D eigenvalue weighted by Gasteiger charge is 2.47. The maximum atomic E-state index is 13.1. The lowest BCUT2D eigenvalue weighted by molar-refractivity contribution is -0.402. The van der Waals surface area contributed by atoms with Gasteiger partial charge in [0.05, 0.1) is 6.07 Å². The average molecular weight is 279 g/mol. The first-order valence-corrected chi connectivity index (χ1v) is 5.65. The first kappa shape index (κ1) is 13.8. The van der Waals surface area contributed by atoms with Crippen LogP contribution in [0.2, 0.25) is 0 Å². The SMILES string of the molecule is O=[N+]([O-])c1ccc([C@@H](N2CCNCC2)C(F)(F)F)o1. The zero-order chi connectivity index (χ0) is 14.0. The second-order valence-electron chi connectivity index (χ2n) is 4.16. The van der Waals surface area contributed by atoms with Crippen LogP contribution in [0.25, 0.3) is 0 Å². The molecule has 1 aromatic rings. The van der Waals surface area contributed by atoms with Gasteiger partial charge in [-0.2, -0.15) is 13.2 Å². The van der Waals surface area contributed by atoms with Crippen molar-refractivity contribution in [1.82, 2.24) is 10.2 Å². The molecule has 0 amide bonds. The van der Waals surface area contributed by atoms with Crippen molar-refractivity contribution in [1.29, 1.82) is 0 Å². The van der Waals surface area contributed by atoms with E-state index in [0.29, 0.717) is 13.1 Å². The number of hydrogen-bond acceptors (Lipinski definition) is 5. The van der Waals surface area contributed by atoms with E-state index in [1.165, 1.54) is 4.90 Å². The van der Waals surface area contributed by atoms with Crippen molar-refractivity contribution in [2.75, 3.05) is 26.2 Å². The van der Waals surface area contributed by atoms with Gasteiger partial charge in [-0.1, -0.05) is 0 Å². The van der Waals surface area contributed by atoms with Crippen LogP contribution in [0.3, 0.4) is 0 Å². The van der Waals surface area contributed by atoms with Crippen molar-refractivity contribution in [3.8, 4) is 0 Å². The number of nitrogens with one attached hydrogen (secondary N) is 1. The Morgan fingerprint density at radius 3 is 2.47 bits per heavy atom. The highest BCUT2D eigenvalue weighted by molar-refractivity contribution is 5.21. The molecular weight excluding hydrogens is 267 g/mol. The molecule has 0 radical (unpaired) electrons. The first-order chi connectivity index (χ1) is 8.89. The molecule has 19 heavy (non-hydrogen) atoms. The number of nitro groups is 1. The van der Waals surface area contributed by atoms with Crippen LogP contribution in [0, 0.1) is 10.1 Å². The Kier molecular flexibility index (Phi) is 3.76. The van der Waals surface area contributed by atoms with Gasteiger partial charge < -0.3 is 9.73 Å². The second kappa shape index (κ2) is 5.17. The number of rotatable bonds is 3. The summed E-state index contributed by atoms with van der Waals surface area (Å²) in [5, 5.41) is 13.4. The van der Waals surface area contributed by atoms with Gasteiger partial charge in [-0.05, 0) is 6.07 Å². The van der Waals surface area contributed by atoms with Crippen molar-refractivity contribution in [3.05, 3.63) is 28.0 Å². The lowest BCUT2D eigenvalue weighted by atomic mass is 10.1. The molecule has 2 rings (SSSR count). The average Bonchev–Trinajstić information content (AvgIpc) is 2.78. The molecule has 0 bridgehead atoms. The van der Waals surface area contributed by atoms with E-state index in [0.717, 1.165) is 12.1 Å². The van der Waals surface area contributed by atoms with E-state index in [4.69, 9.17) is 4.42 Å². The molecule has 1 saturated heterocycles. The highest BCUT2D eigenvalue weighted by atomic mass is 19.4. The van der Waals surface area contributed by atoms with Crippen LogP contribution in [0.5, 0.6) is 0 Å². The van der Waals surface area contributed by atoms with Gasteiger partial charge in [0.25, 0.3) is 0 Å². The Morgan fingerprint density at radius 1 is 1.37 bits per heavy atom. The molecule has 0 aromatic carbocycles. The molecule has 0 aliphatic carbocycles. The maximum absolute atomic E-state index is 13.1. The normalized spacial score (nSPS) is 19.3. The summed E-state index contributed by atoms with van der Waals surface area (Å²) in [7, 11) is 0. The largest absolute Gasteiger partial charge is 0.433 e. The Labute approximate surface area is 106 Å². The van der Waals surface area contributed by atoms with Gasteiger partial charge in [-0.15, -0.1) is 0 Å². The van der Waals surface area contributed by atoms with E-state index in [2.05, 4.69) is 5.32 Å². The smallest absolute Gasteiger partial charge is 0.404 e. The molecule has 106 valence electrons. The van der Waals surface area contributed by atoms with Crippen LogP contribution in [0.1, 0.15) is 11.8 Å². The van der Waals surface area contributed by atoms with Crippen LogP contribution in [0.15, 0.2) is 16.5 Å². The third-order valence-corrected chi connectivity index (χ3v) is 2.89. The minimum atomic E-state index is -4.54. The molecule has 1 aromatic heterocycles. The molecule has 6 nitrogen and oxygen atoms in total. The zero-order valence-corrected chi connectivity index (χ0v) is 9.81. The monoisotopic (exact) mass is 279 g/mol. The minimum Gasteiger partial charge on any atom is -0.404 e. The predicted molar refractivity (Wildman–Crippen MR) is 58.6 cm³/mol. The topological polar surface area (TPSA) is 71.6 Å². The van der Waals surface area contributed by atoms with Crippen molar-refractivity contribution in [2.45, 2.75) is 12.2 Å². The molecule has 0 saturated carbocycles. The molecular formula is C10H12F3N3O3. The first-order valence-electron chi connectivity index (χ1n) is 5.65. The Hall–Kier alpha value is -1.61. The summed E-state index contributed by atoms with van der Waals surface area (Å²) in [6.45, 7) is 1.29. The van der Waals surface area contributed by atoms with E-state index in [9.17, 15) is 23.3 Å². The Balaban J connectivity index is 2.28. The summed E-state index contributed by atoms with van der Waals surface area (Å²) in [5.41, 5.74) is 0. The van der Waals surface area contributed by atoms with Crippen molar-refractivity contribution < 1.29 is 22.5 Å². The van der Waals surface area contributed by atoms with Gasteiger partial charge in [-0.25, -0.2) is 0 Å². The van der Waals surface area contributed by atoms with E-state index >= 15 is 0 Å². The predicted octanol–water partition coefficient (Wildman–Crippen LogP) is 1.70. The van der Waals surface area contributed by atoms with Crippen LogP contribution >= 0.6 is 0 Å². The lowest BCUT2D eigenvalue weighted by Gasteiger charge is -2.34. The number of piperazine rings is 1. The number of hydrogen-bond donors (Lipinski definition) is 1. The molecule has 0 unspecified atom stereocenters. The Morgan fingerprint density at radius 2 is 2.00 bits per heavy atom. The minimum absolute atomic E-state index is 0.207. The van der Waals surface area contributed by atoms with Gasteiger partial charge in [0, 0.05) is 26.2 Å². The highest BCUT2D eigenvalue weighted by Crippen LogP contribution is 2.39. The molecule has 0 spiro atoms. The summed E-state index contributed by atoms with van der Waals surface area (Å²) < 4.78 is 44.0. The van der Waals surface area contributed by atoms with Gasteiger partial charge in [0.2, 0.25) is 0 Å². The number of nitrogens with zero attached hydrogens (tertiary/aromatic N) is 2. The van der Waals surface area contributed by atoms with Crippen LogP contribution in [0.4, 0.5) is 19.1 Å². The van der Waals surface area contributed by atoms with E-state index in [-0.39, 0.29) is 13.1 Å². The third-order valence-electron chi connectivity index (χ3n) is 2.89. The number of halogens is 3. The second-order valence-corrected chi connectivity index (χ2v) is 4.16. The molecule has 1 N–H and O–H groups in total. The van der Waals surface area contributed by atoms with Gasteiger partial charge >= 0.3 is 12.1 Å². The van der Waals surface area contributed by atoms with Crippen LogP contribution < -0.4 is 5.32 Å². The van der Waals surface area contributed by atoms with Gasteiger partial charge in [0.15, 0.2) is 6.04 Å². The van der Waals surface area contributed by atoms with Crippen LogP contribution in [-0.4, -0.2) is 42.2 Å². The molecule has 1 fully saturated rings. The Bertz CT molecular complexity index is 454. The van der Waals surface area contributed by atoms with Crippen molar-refractivity contribution in [2.24, 2.45) is 0 Å². The lowest BCUT2D eigenvalue weighted by Crippen LogP contribution is -2.48. The summed E-state index contributed by atoms with van der Waals surface area (Å²) in [6.07, 6.45) is -4.54. The fourth-order valence-corrected chi connectivity index (χ4v) is 2.08. The third kappa shape index (κ3) is 3.04. The maximum Gasteiger partial charge on any atom is 0.433 e. The summed E-state index contributed by atoms with van der Waals surface area (Å²) in [5.74, 6) is -1.12. The fraction of sp³-hybridized carbons (Fsp3) is 0.600. The van der Waals surface area contributed by atoms with Crippen molar-refractivity contribution in [3.63, 3.8) is 0 Å². The quantitative estimate of drug-likeness (QED) is 0.673. The van der Waals surface area contributed by atoms with Crippen LogP contribution in [-0.2, 0) is 0 Å². The zero-order valence-electron chi connectivity index (χ0n) is 9.81. The molecule has 1 aliphatic rings. The number of alkyl halides is 3. The number of furan rings is 1. The van der Waals surface area contributed by atoms with Gasteiger partial charge in [-0.3, -0.25) is 15.0 Å². The molecule has 2 heterocycles. The van der Waals surface area contributed by atoms with E-state index in [1.807, 2.05) is 0 Å². The molecule has 1 atom stereocenters. The van der Waals surface area contributed by atoms with E-state index in [1.54, 1.807) is 0 Å². The van der Waals surface area contributed by atoms with Crippen molar-refractivity contribution >= 4 is 5.88 Å².